The first kappa shape index (κ1) is 25.6. The Balaban J connectivity index is 0.00000420. The van der Waals surface area contributed by atoms with E-state index in [9.17, 15) is 4.79 Å². The van der Waals surface area contributed by atoms with E-state index in [0.29, 0.717) is 37.2 Å². The number of halogens is 1. The fourth-order valence-corrected chi connectivity index (χ4v) is 3.06. The zero-order valence-corrected chi connectivity index (χ0v) is 20.2. The summed E-state index contributed by atoms with van der Waals surface area (Å²) in [6.07, 6.45) is 2.20. The van der Waals surface area contributed by atoms with Crippen molar-refractivity contribution in [2.75, 3.05) is 51.7 Å². The number of pyridine rings is 1. The quantitative estimate of drug-likeness (QED) is 0.277. The molecule has 1 atom stereocenters. The number of aromatic nitrogens is 1. The number of rotatable bonds is 8. The molecule has 1 amide bonds. The van der Waals surface area contributed by atoms with Crippen molar-refractivity contribution in [2.45, 2.75) is 33.3 Å². The molecular formula is C20H35IN6O2. The normalized spacial score (nSPS) is 17.6. The summed E-state index contributed by atoms with van der Waals surface area (Å²) in [5.74, 6) is 1.81. The monoisotopic (exact) mass is 518 g/mol. The Morgan fingerprint density at radius 1 is 1.38 bits per heavy atom. The van der Waals surface area contributed by atoms with Gasteiger partial charge in [-0.1, -0.05) is 19.9 Å². The Morgan fingerprint density at radius 2 is 2.17 bits per heavy atom. The van der Waals surface area contributed by atoms with E-state index >= 15 is 0 Å². The number of aryl methyl sites for hydroxylation is 1. The Morgan fingerprint density at radius 3 is 2.83 bits per heavy atom. The molecule has 0 saturated carbocycles. The first-order valence-corrected chi connectivity index (χ1v) is 9.97. The molecule has 2 heterocycles. The lowest BCUT2D eigenvalue weighted by molar-refractivity contribution is -0.116. The van der Waals surface area contributed by atoms with Gasteiger partial charge in [-0.2, -0.15) is 0 Å². The number of hydrogen-bond acceptors (Lipinski definition) is 5. The minimum absolute atomic E-state index is 0. The highest BCUT2D eigenvalue weighted by atomic mass is 127. The predicted molar refractivity (Wildman–Crippen MR) is 128 cm³/mol. The smallest absolute Gasteiger partial charge is 0.227 e. The first-order valence-electron chi connectivity index (χ1n) is 9.97. The van der Waals surface area contributed by atoms with Gasteiger partial charge >= 0.3 is 0 Å². The van der Waals surface area contributed by atoms with Crippen molar-refractivity contribution in [1.29, 1.82) is 0 Å². The third kappa shape index (κ3) is 10.2. The number of nitrogens with one attached hydrogen (secondary N) is 3. The summed E-state index contributed by atoms with van der Waals surface area (Å²) < 4.78 is 5.84. The Hall–Kier alpha value is -1.46. The molecular weight excluding hydrogens is 483 g/mol. The predicted octanol–water partition coefficient (Wildman–Crippen LogP) is 1.86. The number of ether oxygens (including phenoxy) is 1. The molecule has 1 aliphatic rings. The van der Waals surface area contributed by atoms with E-state index in [1.165, 1.54) is 0 Å². The number of carbonyl (C=O) groups excluding carboxylic acids is 1. The van der Waals surface area contributed by atoms with Crippen molar-refractivity contribution in [3.8, 4) is 0 Å². The van der Waals surface area contributed by atoms with Crippen LogP contribution in [0.1, 0.15) is 25.8 Å². The lowest BCUT2D eigenvalue weighted by Crippen LogP contribution is -2.50. The van der Waals surface area contributed by atoms with E-state index in [4.69, 9.17) is 4.74 Å². The van der Waals surface area contributed by atoms with Crippen LogP contribution in [0.5, 0.6) is 0 Å². The van der Waals surface area contributed by atoms with Crippen molar-refractivity contribution in [2.24, 2.45) is 10.9 Å². The summed E-state index contributed by atoms with van der Waals surface area (Å²) in [6, 6.07) is 3.72. The highest BCUT2D eigenvalue weighted by Gasteiger charge is 2.21. The second-order valence-corrected chi connectivity index (χ2v) is 7.55. The van der Waals surface area contributed by atoms with Crippen LogP contribution < -0.4 is 16.0 Å². The van der Waals surface area contributed by atoms with E-state index in [1.54, 1.807) is 19.3 Å². The van der Waals surface area contributed by atoms with Crippen LogP contribution in [0.25, 0.3) is 0 Å². The number of morpholine rings is 1. The number of aliphatic imine (C=N–C) groups is 1. The largest absolute Gasteiger partial charge is 0.374 e. The van der Waals surface area contributed by atoms with Gasteiger partial charge in [0.1, 0.15) is 5.82 Å². The number of anilines is 1. The van der Waals surface area contributed by atoms with E-state index in [1.807, 2.05) is 13.0 Å². The Bertz CT molecular complexity index is 638. The molecule has 0 aliphatic carbocycles. The van der Waals surface area contributed by atoms with Gasteiger partial charge < -0.3 is 20.7 Å². The number of hydrogen-bond donors (Lipinski definition) is 3. The Kier molecular flexibility index (Phi) is 12.1. The van der Waals surface area contributed by atoms with Crippen molar-refractivity contribution in [1.82, 2.24) is 20.5 Å². The third-order valence-electron chi connectivity index (χ3n) is 4.39. The first-order chi connectivity index (χ1) is 13.5. The maximum absolute atomic E-state index is 12.0. The SMILES string of the molecule is CN=C(NCCC(=O)Nc1ccc(C)cn1)NCC1CN(CC(C)C)CCO1.I. The Labute approximate surface area is 191 Å². The highest BCUT2D eigenvalue weighted by Crippen LogP contribution is 2.07. The van der Waals surface area contributed by atoms with Gasteiger partial charge in [-0.15, -0.1) is 24.0 Å². The van der Waals surface area contributed by atoms with Crippen LogP contribution in [0.2, 0.25) is 0 Å². The second kappa shape index (κ2) is 13.7. The molecule has 0 radical (unpaired) electrons. The molecule has 1 aliphatic heterocycles. The van der Waals surface area contributed by atoms with Crippen molar-refractivity contribution in [3.05, 3.63) is 23.9 Å². The second-order valence-electron chi connectivity index (χ2n) is 7.55. The molecule has 29 heavy (non-hydrogen) atoms. The van der Waals surface area contributed by atoms with Gasteiger partial charge in [0.05, 0.1) is 12.7 Å². The van der Waals surface area contributed by atoms with Crippen LogP contribution in [0.4, 0.5) is 5.82 Å². The van der Waals surface area contributed by atoms with Gasteiger partial charge in [0, 0.05) is 52.4 Å². The van der Waals surface area contributed by atoms with Gasteiger partial charge in [-0.05, 0) is 24.5 Å². The topological polar surface area (TPSA) is 90.9 Å². The number of nitrogens with zero attached hydrogens (tertiary/aromatic N) is 3. The highest BCUT2D eigenvalue weighted by molar-refractivity contribution is 14.0. The van der Waals surface area contributed by atoms with Crippen molar-refractivity contribution < 1.29 is 9.53 Å². The molecule has 1 aromatic heterocycles. The summed E-state index contributed by atoms with van der Waals surface area (Å²) in [7, 11) is 1.72. The molecule has 1 fully saturated rings. The van der Waals surface area contributed by atoms with E-state index in [0.717, 1.165) is 31.8 Å². The van der Waals surface area contributed by atoms with Gasteiger partial charge in [-0.3, -0.25) is 14.7 Å². The minimum Gasteiger partial charge on any atom is -0.374 e. The van der Waals surface area contributed by atoms with E-state index < -0.39 is 0 Å². The minimum atomic E-state index is -0.0840. The van der Waals surface area contributed by atoms with Gasteiger partial charge in [-0.25, -0.2) is 4.98 Å². The molecule has 9 heteroatoms. The average molecular weight is 518 g/mol. The van der Waals surface area contributed by atoms with Crippen molar-refractivity contribution in [3.63, 3.8) is 0 Å². The summed E-state index contributed by atoms with van der Waals surface area (Å²) in [5.41, 5.74) is 1.06. The lowest BCUT2D eigenvalue weighted by atomic mass is 10.2. The standard InChI is InChI=1S/C20H34N6O2.HI/c1-15(2)13-26-9-10-28-17(14-26)12-24-20(21-4)22-8-7-19(27)25-18-6-5-16(3)11-23-18;/h5-6,11,15,17H,7-10,12-14H2,1-4H3,(H2,21,22,24)(H,23,25,27);1H. The van der Waals surface area contributed by atoms with Gasteiger partial charge in [0.15, 0.2) is 5.96 Å². The van der Waals surface area contributed by atoms with Crippen LogP contribution >= 0.6 is 24.0 Å². The third-order valence-corrected chi connectivity index (χ3v) is 4.39. The molecule has 2 rings (SSSR count). The molecule has 8 nitrogen and oxygen atoms in total. The fraction of sp³-hybridized carbons (Fsp3) is 0.650. The number of carbonyl (C=O) groups is 1. The molecule has 0 bridgehead atoms. The van der Waals surface area contributed by atoms with Crippen molar-refractivity contribution >= 4 is 41.7 Å². The van der Waals surface area contributed by atoms with Crippen LogP contribution in [0, 0.1) is 12.8 Å². The molecule has 3 N–H and O–H groups in total. The molecule has 1 saturated heterocycles. The molecule has 1 aromatic rings. The maximum atomic E-state index is 12.0. The maximum Gasteiger partial charge on any atom is 0.227 e. The van der Waals surface area contributed by atoms with Crippen LogP contribution in [0.15, 0.2) is 23.3 Å². The van der Waals surface area contributed by atoms with Gasteiger partial charge in [0.25, 0.3) is 0 Å². The average Bonchev–Trinajstić information content (AvgIpc) is 2.66. The molecule has 0 aromatic carbocycles. The number of guanidine groups is 1. The van der Waals surface area contributed by atoms with Crippen LogP contribution in [0.3, 0.4) is 0 Å². The summed E-state index contributed by atoms with van der Waals surface area (Å²) >= 11 is 0. The number of amides is 1. The molecule has 164 valence electrons. The zero-order valence-electron chi connectivity index (χ0n) is 17.9. The molecule has 1 unspecified atom stereocenters. The summed E-state index contributed by atoms with van der Waals surface area (Å²) in [4.78, 5) is 22.9. The van der Waals surface area contributed by atoms with Crippen LogP contribution in [-0.4, -0.2) is 74.2 Å². The summed E-state index contributed by atoms with van der Waals surface area (Å²) in [5, 5.41) is 9.24. The van der Waals surface area contributed by atoms with E-state index in [2.05, 4.69) is 44.7 Å². The van der Waals surface area contributed by atoms with E-state index in [-0.39, 0.29) is 36.0 Å². The summed E-state index contributed by atoms with van der Waals surface area (Å²) in [6.45, 7) is 11.4. The lowest BCUT2D eigenvalue weighted by Gasteiger charge is -2.34. The van der Waals surface area contributed by atoms with Gasteiger partial charge in [0.2, 0.25) is 5.91 Å². The fourth-order valence-electron chi connectivity index (χ4n) is 3.06. The molecule has 0 spiro atoms. The zero-order chi connectivity index (χ0) is 20.4. The van der Waals surface area contributed by atoms with Crippen LogP contribution in [-0.2, 0) is 9.53 Å².